The van der Waals surface area contributed by atoms with Gasteiger partial charge < -0.3 is 14.8 Å². The number of hydrogen-bond acceptors (Lipinski definition) is 6. The zero-order valence-electron chi connectivity index (χ0n) is 13.7. The van der Waals surface area contributed by atoms with Crippen LogP contribution in [-0.4, -0.2) is 27.2 Å². The Morgan fingerprint density at radius 1 is 1.08 bits per heavy atom. The zero-order chi connectivity index (χ0) is 17.5. The number of aromatic amines is 1. The lowest BCUT2D eigenvalue weighted by molar-refractivity contribution is 0.267. The molecule has 0 saturated carbocycles. The normalized spacial score (nSPS) is 10.5. The van der Waals surface area contributed by atoms with Crippen molar-refractivity contribution in [3.05, 3.63) is 58.6 Å². The fourth-order valence-electron chi connectivity index (χ4n) is 2.31. The number of anilines is 1. The van der Waals surface area contributed by atoms with Crippen molar-refractivity contribution in [2.45, 2.75) is 20.1 Å². The number of tetrazole rings is 1. The molecule has 0 aliphatic carbocycles. The third-order valence-electron chi connectivity index (χ3n) is 3.47. The summed E-state index contributed by atoms with van der Waals surface area (Å²) in [4.78, 5) is 0. The summed E-state index contributed by atoms with van der Waals surface area (Å²) in [6.07, 6.45) is 0. The van der Waals surface area contributed by atoms with Crippen LogP contribution in [0.15, 0.2) is 42.5 Å². The van der Waals surface area contributed by atoms with Gasteiger partial charge in [0.15, 0.2) is 11.5 Å². The minimum atomic E-state index is 0.346. The Kier molecular flexibility index (Phi) is 5.69. The average Bonchev–Trinajstić information content (AvgIpc) is 3.14. The molecule has 0 fully saturated rings. The molecule has 2 aromatic carbocycles. The van der Waals surface area contributed by atoms with Gasteiger partial charge in [0, 0.05) is 22.7 Å². The largest absolute Gasteiger partial charge is 0.490 e. The highest BCUT2D eigenvalue weighted by Gasteiger charge is 2.13. The number of halogens is 1. The maximum Gasteiger partial charge on any atom is 0.263 e. The van der Waals surface area contributed by atoms with Crippen LogP contribution in [0, 0.1) is 0 Å². The molecule has 3 rings (SSSR count). The Labute approximate surface area is 150 Å². The Morgan fingerprint density at radius 3 is 2.68 bits per heavy atom. The van der Waals surface area contributed by atoms with Gasteiger partial charge in [-0.15, -0.1) is 5.10 Å². The highest BCUT2D eigenvalue weighted by molar-refractivity contribution is 6.31. The van der Waals surface area contributed by atoms with Crippen molar-refractivity contribution in [2.75, 3.05) is 11.9 Å². The first-order valence-electron chi connectivity index (χ1n) is 7.86. The Morgan fingerprint density at radius 2 is 1.92 bits per heavy atom. The van der Waals surface area contributed by atoms with Crippen LogP contribution in [0.25, 0.3) is 0 Å². The molecule has 0 unspecified atom stereocenters. The lowest BCUT2D eigenvalue weighted by Crippen LogP contribution is -2.07. The molecule has 0 bridgehead atoms. The third kappa shape index (κ3) is 4.39. The standard InChI is InChI=1S/C17H18ClN5O2/c1-2-24-15-9-5-7-12(10-19-17-20-22-23-21-17)16(15)25-11-13-6-3-4-8-14(13)18/h3-9H,2,10-11H2,1H3,(H2,19,20,21,22,23). The molecule has 0 aliphatic rings. The van der Waals surface area contributed by atoms with E-state index in [2.05, 4.69) is 25.9 Å². The molecule has 130 valence electrons. The summed E-state index contributed by atoms with van der Waals surface area (Å²) in [5.41, 5.74) is 1.83. The zero-order valence-corrected chi connectivity index (χ0v) is 14.5. The van der Waals surface area contributed by atoms with E-state index in [1.165, 1.54) is 0 Å². The van der Waals surface area contributed by atoms with Crippen LogP contribution in [0.3, 0.4) is 0 Å². The number of rotatable bonds is 8. The van der Waals surface area contributed by atoms with Crippen molar-refractivity contribution >= 4 is 17.5 Å². The number of hydrogen-bond donors (Lipinski definition) is 2. The van der Waals surface area contributed by atoms with Crippen molar-refractivity contribution < 1.29 is 9.47 Å². The molecule has 0 amide bonds. The van der Waals surface area contributed by atoms with Crippen molar-refractivity contribution in [3.8, 4) is 11.5 Å². The summed E-state index contributed by atoms with van der Waals surface area (Å²) in [5.74, 6) is 1.76. The van der Waals surface area contributed by atoms with Gasteiger partial charge in [-0.1, -0.05) is 47.0 Å². The molecule has 25 heavy (non-hydrogen) atoms. The average molecular weight is 360 g/mol. The number of ether oxygens (including phenoxy) is 2. The number of benzene rings is 2. The molecule has 7 nitrogen and oxygen atoms in total. The maximum absolute atomic E-state index is 6.21. The molecule has 2 N–H and O–H groups in total. The van der Waals surface area contributed by atoms with Crippen LogP contribution in [-0.2, 0) is 13.2 Å². The van der Waals surface area contributed by atoms with Crippen LogP contribution < -0.4 is 14.8 Å². The van der Waals surface area contributed by atoms with E-state index in [1.807, 2.05) is 49.4 Å². The van der Waals surface area contributed by atoms with Crippen LogP contribution in [0.4, 0.5) is 5.95 Å². The van der Waals surface area contributed by atoms with Gasteiger partial charge in [0.2, 0.25) is 0 Å². The molecular formula is C17H18ClN5O2. The summed E-state index contributed by atoms with van der Waals surface area (Å²) in [6.45, 7) is 3.30. The summed E-state index contributed by atoms with van der Waals surface area (Å²) >= 11 is 6.21. The smallest absolute Gasteiger partial charge is 0.263 e. The highest BCUT2D eigenvalue weighted by atomic mass is 35.5. The minimum Gasteiger partial charge on any atom is -0.490 e. The predicted octanol–water partition coefficient (Wildman–Crippen LogP) is 3.44. The van der Waals surface area contributed by atoms with Gasteiger partial charge in [0.1, 0.15) is 6.61 Å². The van der Waals surface area contributed by atoms with E-state index in [1.54, 1.807) is 0 Å². The molecule has 0 aliphatic heterocycles. The number of H-pyrrole nitrogens is 1. The van der Waals surface area contributed by atoms with E-state index in [0.717, 1.165) is 11.1 Å². The predicted molar refractivity (Wildman–Crippen MR) is 94.9 cm³/mol. The molecule has 8 heteroatoms. The summed E-state index contributed by atoms with van der Waals surface area (Å²) in [5, 5.41) is 17.4. The fraction of sp³-hybridized carbons (Fsp3) is 0.235. The lowest BCUT2D eigenvalue weighted by Gasteiger charge is -2.16. The van der Waals surface area contributed by atoms with E-state index in [-0.39, 0.29) is 0 Å². The summed E-state index contributed by atoms with van der Waals surface area (Å²) in [7, 11) is 0. The van der Waals surface area contributed by atoms with E-state index in [0.29, 0.717) is 42.2 Å². The van der Waals surface area contributed by atoms with E-state index >= 15 is 0 Å². The van der Waals surface area contributed by atoms with Crippen molar-refractivity contribution in [1.29, 1.82) is 0 Å². The van der Waals surface area contributed by atoms with Gasteiger partial charge in [0.25, 0.3) is 5.95 Å². The molecule has 0 saturated heterocycles. The van der Waals surface area contributed by atoms with Crippen LogP contribution >= 0.6 is 11.6 Å². The van der Waals surface area contributed by atoms with Gasteiger partial charge in [-0.3, -0.25) is 0 Å². The van der Waals surface area contributed by atoms with E-state index in [9.17, 15) is 0 Å². The second kappa shape index (κ2) is 8.34. The summed E-state index contributed by atoms with van der Waals surface area (Å²) < 4.78 is 11.7. The molecule has 0 spiro atoms. The van der Waals surface area contributed by atoms with Gasteiger partial charge >= 0.3 is 0 Å². The first kappa shape index (κ1) is 17.0. The first-order chi connectivity index (χ1) is 12.3. The topological polar surface area (TPSA) is 85.0 Å². The SMILES string of the molecule is CCOc1cccc(CNc2nn[nH]n2)c1OCc1ccccc1Cl. The molecule has 0 radical (unpaired) electrons. The van der Waals surface area contributed by atoms with Crippen molar-refractivity contribution in [3.63, 3.8) is 0 Å². The quantitative estimate of drug-likeness (QED) is 0.640. The number of nitrogens with zero attached hydrogens (tertiary/aromatic N) is 3. The molecule has 3 aromatic rings. The third-order valence-corrected chi connectivity index (χ3v) is 3.84. The van der Waals surface area contributed by atoms with Crippen molar-refractivity contribution in [1.82, 2.24) is 20.6 Å². The monoisotopic (exact) mass is 359 g/mol. The summed E-state index contributed by atoms with van der Waals surface area (Å²) in [6, 6.07) is 13.3. The first-order valence-corrected chi connectivity index (χ1v) is 8.24. The van der Waals surface area contributed by atoms with Gasteiger partial charge in [-0.25, -0.2) is 0 Å². The fourth-order valence-corrected chi connectivity index (χ4v) is 2.50. The second-order valence-corrected chi connectivity index (χ2v) is 5.55. The van der Waals surface area contributed by atoms with Gasteiger partial charge in [-0.2, -0.15) is 5.21 Å². The highest BCUT2D eigenvalue weighted by Crippen LogP contribution is 2.33. The van der Waals surface area contributed by atoms with Crippen LogP contribution in [0.1, 0.15) is 18.1 Å². The molecule has 1 heterocycles. The molecule has 0 atom stereocenters. The molecular weight excluding hydrogens is 342 g/mol. The Balaban J connectivity index is 1.79. The van der Waals surface area contributed by atoms with E-state index < -0.39 is 0 Å². The number of nitrogens with one attached hydrogen (secondary N) is 2. The Bertz CT molecular complexity index is 811. The Hall–Kier alpha value is -2.80. The van der Waals surface area contributed by atoms with Crippen LogP contribution in [0.5, 0.6) is 11.5 Å². The molecule has 1 aromatic heterocycles. The van der Waals surface area contributed by atoms with Crippen molar-refractivity contribution in [2.24, 2.45) is 0 Å². The van der Waals surface area contributed by atoms with E-state index in [4.69, 9.17) is 21.1 Å². The van der Waals surface area contributed by atoms with Crippen LogP contribution in [0.2, 0.25) is 5.02 Å². The maximum atomic E-state index is 6.21. The lowest BCUT2D eigenvalue weighted by atomic mass is 10.1. The minimum absolute atomic E-state index is 0.346. The second-order valence-electron chi connectivity index (χ2n) is 5.15. The van der Waals surface area contributed by atoms with Gasteiger partial charge in [0.05, 0.1) is 6.61 Å². The van der Waals surface area contributed by atoms with Gasteiger partial charge in [-0.05, 0) is 24.3 Å². The number of aromatic nitrogens is 4. The number of para-hydroxylation sites is 1.